The second-order valence-electron chi connectivity index (χ2n) is 6.04. The number of aromatic nitrogens is 1. The molecule has 0 spiro atoms. The number of aliphatic hydroxyl groups is 1. The number of nitrogens with zero attached hydrogens (tertiary/aromatic N) is 3. The molecule has 0 atom stereocenters. The van der Waals surface area contributed by atoms with Crippen molar-refractivity contribution in [2.24, 2.45) is 0 Å². The summed E-state index contributed by atoms with van der Waals surface area (Å²) < 4.78 is 0. The zero-order chi connectivity index (χ0) is 17.0. The molecule has 0 radical (unpaired) electrons. The lowest BCUT2D eigenvalue weighted by Crippen LogP contribution is -2.50. The average Bonchev–Trinajstić information content (AvgIpc) is 2.52. The van der Waals surface area contributed by atoms with Crippen molar-refractivity contribution >= 4 is 11.8 Å². The molecule has 6 nitrogen and oxygen atoms in total. The number of hydrogen-bond donors (Lipinski definition) is 1. The molecule has 122 valence electrons. The predicted octanol–water partition coefficient (Wildman–Crippen LogP) is 0.508. The average molecular weight is 315 g/mol. The van der Waals surface area contributed by atoms with Crippen molar-refractivity contribution in [3.8, 4) is 11.8 Å². The fourth-order valence-corrected chi connectivity index (χ4v) is 2.22. The van der Waals surface area contributed by atoms with Crippen LogP contribution in [0.1, 0.15) is 36.8 Å². The second kappa shape index (κ2) is 6.80. The molecule has 1 aliphatic rings. The number of pyridine rings is 1. The maximum Gasteiger partial charge on any atom is 0.255 e. The Morgan fingerprint density at radius 3 is 2.26 bits per heavy atom. The van der Waals surface area contributed by atoms with Crippen LogP contribution in [0.5, 0.6) is 0 Å². The molecular formula is C17H21N3O3. The van der Waals surface area contributed by atoms with Crippen LogP contribution >= 0.6 is 0 Å². The quantitative estimate of drug-likeness (QED) is 0.766. The summed E-state index contributed by atoms with van der Waals surface area (Å²) in [5.74, 6) is 5.39. The van der Waals surface area contributed by atoms with Crippen molar-refractivity contribution in [3.63, 3.8) is 0 Å². The maximum absolute atomic E-state index is 12.4. The lowest BCUT2D eigenvalue weighted by Gasteiger charge is -2.34. The second-order valence-corrected chi connectivity index (χ2v) is 6.04. The van der Waals surface area contributed by atoms with Crippen molar-refractivity contribution in [3.05, 3.63) is 29.6 Å². The van der Waals surface area contributed by atoms with Gasteiger partial charge in [-0.15, -0.1) is 0 Å². The van der Waals surface area contributed by atoms with E-state index in [1.54, 1.807) is 35.8 Å². The van der Waals surface area contributed by atoms with E-state index in [4.69, 9.17) is 0 Å². The number of carbonyl (C=O) groups is 2. The molecule has 0 unspecified atom stereocenters. The first-order valence-electron chi connectivity index (χ1n) is 7.53. The Labute approximate surface area is 136 Å². The number of carbonyl (C=O) groups excluding carboxylic acids is 2. The summed E-state index contributed by atoms with van der Waals surface area (Å²) in [7, 11) is 0. The van der Waals surface area contributed by atoms with E-state index in [0.717, 1.165) is 0 Å². The van der Waals surface area contributed by atoms with Crippen molar-refractivity contribution in [1.82, 2.24) is 14.8 Å². The third-order valence-corrected chi connectivity index (χ3v) is 3.52. The van der Waals surface area contributed by atoms with Crippen LogP contribution in [0.2, 0.25) is 0 Å². The maximum atomic E-state index is 12.4. The number of piperazine rings is 1. The topological polar surface area (TPSA) is 73.7 Å². The molecular weight excluding hydrogens is 294 g/mol. The van der Waals surface area contributed by atoms with Gasteiger partial charge >= 0.3 is 0 Å². The number of amides is 2. The molecule has 2 heterocycles. The van der Waals surface area contributed by atoms with Crippen molar-refractivity contribution in [2.45, 2.75) is 26.4 Å². The van der Waals surface area contributed by atoms with Crippen LogP contribution in [0.4, 0.5) is 0 Å². The van der Waals surface area contributed by atoms with Gasteiger partial charge in [0.2, 0.25) is 5.91 Å². The molecule has 0 bridgehead atoms. The van der Waals surface area contributed by atoms with Crippen LogP contribution in [-0.2, 0) is 4.79 Å². The van der Waals surface area contributed by atoms with Crippen LogP contribution < -0.4 is 0 Å². The first-order valence-corrected chi connectivity index (χ1v) is 7.53. The van der Waals surface area contributed by atoms with E-state index in [9.17, 15) is 14.7 Å². The third-order valence-electron chi connectivity index (χ3n) is 3.52. The first kappa shape index (κ1) is 17.0. The zero-order valence-corrected chi connectivity index (χ0v) is 13.7. The van der Waals surface area contributed by atoms with Crippen LogP contribution in [0.25, 0.3) is 0 Å². The summed E-state index contributed by atoms with van der Waals surface area (Å²) in [6.07, 6.45) is 1.49. The zero-order valence-electron chi connectivity index (χ0n) is 13.7. The van der Waals surface area contributed by atoms with Gasteiger partial charge in [0.05, 0.1) is 5.56 Å². The van der Waals surface area contributed by atoms with E-state index in [1.165, 1.54) is 13.1 Å². The van der Waals surface area contributed by atoms with Crippen LogP contribution in [-0.4, -0.2) is 63.5 Å². The monoisotopic (exact) mass is 315 g/mol. The minimum Gasteiger partial charge on any atom is -0.378 e. The Balaban J connectivity index is 2.01. The fourth-order valence-electron chi connectivity index (χ4n) is 2.22. The largest absolute Gasteiger partial charge is 0.378 e. The molecule has 2 rings (SSSR count). The highest BCUT2D eigenvalue weighted by molar-refractivity contribution is 5.94. The third kappa shape index (κ3) is 4.80. The molecule has 1 saturated heterocycles. The van der Waals surface area contributed by atoms with Gasteiger partial charge in [0.15, 0.2) is 0 Å². The highest BCUT2D eigenvalue weighted by Gasteiger charge is 2.23. The Morgan fingerprint density at radius 2 is 1.78 bits per heavy atom. The lowest BCUT2D eigenvalue weighted by atomic mass is 10.1. The molecule has 1 aromatic heterocycles. The molecule has 1 N–H and O–H groups in total. The fraction of sp³-hybridized carbons (Fsp3) is 0.471. The van der Waals surface area contributed by atoms with Crippen LogP contribution in [0.3, 0.4) is 0 Å². The Bertz CT molecular complexity index is 642. The van der Waals surface area contributed by atoms with E-state index in [-0.39, 0.29) is 11.8 Å². The molecule has 1 aromatic rings. The highest BCUT2D eigenvalue weighted by Crippen LogP contribution is 2.09. The van der Waals surface area contributed by atoms with Gasteiger partial charge in [-0.1, -0.05) is 5.92 Å². The van der Waals surface area contributed by atoms with Gasteiger partial charge in [0.25, 0.3) is 5.91 Å². The van der Waals surface area contributed by atoms with Gasteiger partial charge in [-0.3, -0.25) is 9.59 Å². The van der Waals surface area contributed by atoms with Gasteiger partial charge in [-0.05, 0) is 31.9 Å². The van der Waals surface area contributed by atoms with Crippen LogP contribution in [0, 0.1) is 11.8 Å². The number of rotatable bonds is 1. The summed E-state index contributed by atoms with van der Waals surface area (Å²) in [5.41, 5.74) is -0.0767. The summed E-state index contributed by atoms with van der Waals surface area (Å²) >= 11 is 0. The lowest BCUT2D eigenvalue weighted by molar-refractivity contribution is -0.130. The van der Waals surface area contributed by atoms with Gasteiger partial charge in [-0.2, -0.15) is 0 Å². The van der Waals surface area contributed by atoms with Gasteiger partial charge in [0.1, 0.15) is 11.3 Å². The standard InChI is InChI=1S/C17H21N3O3/c1-13(21)19-8-10-20(11-9-19)16(22)14-4-5-15(18-12-14)6-7-17(2,3)23/h4-5,12,23H,8-11H2,1-3H3. The molecule has 2 amide bonds. The SMILES string of the molecule is CC(=O)N1CCN(C(=O)c2ccc(C#CC(C)(C)O)nc2)CC1. The van der Waals surface area contributed by atoms with Gasteiger partial charge < -0.3 is 14.9 Å². The molecule has 6 heteroatoms. The molecule has 0 aliphatic carbocycles. The highest BCUT2D eigenvalue weighted by atomic mass is 16.3. The van der Waals surface area contributed by atoms with E-state index in [2.05, 4.69) is 16.8 Å². The minimum atomic E-state index is -1.08. The van der Waals surface area contributed by atoms with Crippen molar-refractivity contribution in [2.75, 3.05) is 26.2 Å². The summed E-state index contributed by atoms with van der Waals surface area (Å²) in [4.78, 5) is 31.3. The van der Waals surface area contributed by atoms with Crippen LogP contribution in [0.15, 0.2) is 18.3 Å². The van der Waals surface area contributed by atoms with E-state index >= 15 is 0 Å². The Kier molecular flexibility index (Phi) is 5.02. The predicted molar refractivity (Wildman–Crippen MR) is 85.6 cm³/mol. The van der Waals surface area contributed by atoms with Gasteiger partial charge in [0, 0.05) is 39.3 Å². The molecule has 0 saturated carbocycles. The van der Waals surface area contributed by atoms with Crippen molar-refractivity contribution < 1.29 is 14.7 Å². The van der Waals surface area contributed by atoms with E-state index in [1.807, 2.05) is 0 Å². The summed E-state index contributed by atoms with van der Waals surface area (Å²) in [6.45, 7) is 6.90. The van der Waals surface area contributed by atoms with E-state index < -0.39 is 5.60 Å². The van der Waals surface area contributed by atoms with E-state index in [0.29, 0.717) is 37.4 Å². The normalized spacial score (nSPS) is 15.0. The summed E-state index contributed by atoms with van der Waals surface area (Å²) in [6, 6.07) is 3.35. The smallest absolute Gasteiger partial charge is 0.255 e. The number of hydrogen-bond acceptors (Lipinski definition) is 4. The first-order chi connectivity index (χ1) is 10.8. The Morgan fingerprint density at radius 1 is 1.17 bits per heavy atom. The van der Waals surface area contributed by atoms with Gasteiger partial charge in [-0.25, -0.2) is 4.98 Å². The Hall–Kier alpha value is -2.39. The summed E-state index contributed by atoms with van der Waals surface area (Å²) in [5, 5.41) is 9.56. The molecule has 23 heavy (non-hydrogen) atoms. The van der Waals surface area contributed by atoms with Crippen molar-refractivity contribution in [1.29, 1.82) is 0 Å². The molecule has 1 aliphatic heterocycles. The minimum absolute atomic E-state index is 0.0356. The molecule has 0 aromatic carbocycles. The molecule has 1 fully saturated rings.